The van der Waals surface area contributed by atoms with E-state index >= 15 is 0 Å². The van der Waals surface area contributed by atoms with E-state index in [1.165, 1.54) is 5.56 Å². The summed E-state index contributed by atoms with van der Waals surface area (Å²) < 4.78 is 1.10. The number of benzene rings is 1. The van der Waals surface area contributed by atoms with Crippen molar-refractivity contribution in [2.45, 2.75) is 12.5 Å². The van der Waals surface area contributed by atoms with Crippen LogP contribution in [0.5, 0.6) is 0 Å². The molecule has 0 saturated heterocycles. The molecular formula is C11H12BrN. The van der Waals surface area contributed by atoms with Gasteiger partial charge in [0.1, 0.15) is 0 Å². The summed E-state index contributed by atoms with van der Waals surface area (Å²) in [5.74, 6) is 2.69. The summed E-state index contributed by atoms with van der Waals surface area (Å²) in [4.78, 5) is 0. The number of hydrogen-bond donors (Lipinski definition) is 1. The van der Waals surface area contributed by atoms with Crippen molar-refractivity contribution in [1.29, 1.82) is 0 Å². The molecule has 0 saturated carbocycles. The summed E-state index contributed by atoms with van der Waals surface area (Å²) in [5.41, 5.74) is 1.25. The van der Waals surface area contributed by atoms with Crippen LogP contribution in [0.2, 0.25) is 0 Å². The van der Waals surface area contributed by atoms with Crippen molar-refractivity contribution < 1.29 is 0 Å². The van der Waals surface area contributed by atoms with Gasteiger partial charge in [-0.1, -0.05) is 34.0 Å². The largest absolute Gasteiger partial charge is 0.306 e. The van der Waals surface area contributed by atoms with Crippen molar-refractivity contribution in [3.8, 4) is 12.3 Å². The number of rotatable bonds is 3. The average Bonchev–Trinajstić information content (AvgIpc) is 2.17. The molecule has 1 unspecified atom stereocenters. The number of likely N-dealkylation sites (N-methyl/N-ethyl adjacent to an activating group) is 1. The van der Waals surface area contributed by atoms with Gasteiger partial charge in [0.25, 0.3) is 0 Å². The van der Waals surface area contributed by atoms with Gasteiger partial charge in [-0.15, -0.1) is 6.42 Å². The van der Waals surface area contributed by atoms with Crippen molar-refractivity contribution in [2.75, 3.05) is 7.05 Å². The Balaban J connectivity index is 2.64. The minimum atomic E-state index is 0.126. The SMILES string of the molecule is C#CC(Cc1ccc(Br)cc1)NC. The van der Waals surface area contributed by atoms with Crippen LogP contribution in [0, 0.1) is 12.3 Å². The van der Waals surface area contributed by atoms with E-state index in [4.69, 9.17) is 6.42 Å². The molecule has 68 valence electrons. The Hall–Kier alpha value is -0.780. The van der Waals surface area contributed by atoms with Crippen LogP contribution >= 0.6 is 15.9 Å². The van der Waals surface area contributed by atoms with Crippen LogP contribution in [0.4, 0.5) is 0 Å². The Morgan fingerprint density at radius 1 is 1.46 bits per heavy atom. The molecule has 1 nitrogen and oxygen atoms in total. The van der Waals surface area contributed by atoms with Gasteiger partial charge in [0.2, 0.25) is 0 Å². The van der Waals surface area contributed by atoms with E-state index in [2.05, 4.69) is 39.3 Å². The molecule has 1 rings (SSSR count). The van der Waals surface area contributed by atoms with Gasteiger partial charge in [-0.3, -0.25) is 0 Å². The maximum Gasteiger partial charge on any atom is 0.0725 e. The zero-order valence-electron chi connectivity index (χ0n) is 7.55. The van der Waals surface area contributed by atoms with Crippen LogP contribution in [0.1, 0.15) is 5.56 Å². The van der Waals surface area contributed by atoms with Gasteiger partial charge >= 0.3 is 0 Å². The average molecular weight is 238 g/mol. The quantitative estimate of drug-likeness (QED) is 0.796. The van der Waals surface area contributed by atoms with Crippen molar-refractivity contribution in [3.63, 3.8) is 0 Å². The lowest BCUT2D eigenvalue weighted by Gasteiger charge is -2.08. The van der Waals surface area contributed by atoms with Crippen molar-refractivity contribution in [1.82, 2.24) is 5.32 Å². The van der Waals surface area contributed by atoms with Crippen LogP contribution in [0.3, 0.4) is 0 Å². The minimum absolute atomic E-state index is 0.126. The molecule has 1 aromatic rings. The van der Waals surface area contributed by atoms with Crippen molar-refractivity contribution in [2.24, 2.45) is 0 Å². The Morgan fingerprint density at radius 3 is 2.54 bits per heavy atom. The van der Waals surface area contributed by atoms with Crippen LogP contribution in [-0.2, 0) is 6.42 Å². The highest BCUT2D eigenvalue weighted by molar-refractivity contribution is 9.10. The lowest BCUT2D eigenvalue weighted by atomic mass is 10.1. The zero-order valence-corrected chi connectivity index (χ0v) is 9.14. The molecule has 0 bridgehead atoms. The van der Waals surface area contributed by atoms with E-state index in [-0.39, 0.29) is 6.04 Å². The fourth-order valence-electron chi connectivity index (χ4n) is 1.10. The van der Waals surface area contributed by atoms with E-state index in [1.54, 1.807) is 0 Å². The molecule has 13 heavy (non-hydrogen) atoms. The van der Waals surface area contributed by atoms with Crippen LogP contribution < -0.4 is 5.32 Å². The highest BCUT2D eigenvalue weighted by Crippen LogP contribution is 2.11. The molecule has 0 aliphatic rings. The third-order valence-electron chi connectivity index (χ3n) is 1.90. The first-order valence-electron chi connectivity index (χ1n) is 4.14. The fraction of sp³-hybridized carbons (Fsp3) is 0.273. The number of terminal acetylenes is 1. The number of nitrogens with one attached hydrogen (secondary N) is 1. The predicted octanol–water partition coefficient (Wildman–Crippen LogP) is 2.21. The molecule has 0 spiro atoms. The first-order valence-corrected chi connectivity index (χ1v) is 4.93. The Morgan fingerprint density at radius 2 is 2.08 bits per heavy atom. The molecule has 1 atom stereocenters. The van der Waals surface area contributed by atoms with E-state index in [0.717, 1.165) is 10.9 Å². The van der Waals surface area contributed by atoms with Gasteiger partial charge in [-0.25, -0.2) is 0 Å². The van der Waals surface area contributed by atoms with Crippen LogP contribution in [0.15, 0.2) is 28.7 Å². The van der Waals surface area contributed by atoms with Gasteiger partial charge in [-0.05, 0) is 31.2 Å². The maximum absolute atomic E-state index is 5.34. The van der Waals surface area contributed by atoms with Gasteiger partial charge in [0.15, 0.2) is 0 Å². The smallest absolute Gasteiger partial charge is 0.0725 e. The zero-order chi connectivity index (χ0) is 9.68. The molecule has 2 heteroatoms. The topological polar surface area (TPSA) is 12.0 Å². The highest BCUT2D eigenvalue weighted by Gasteiger charge is 2.01. The second-order valence-electron chi connectivity index (χ2n) is 2.84. The number of halogens is 1. The fourth-order valence-corrected chi connectivity index (χ4v) is 1.36. The monoisotopic (exact) mass is 237 g/mol. The standard InChI is InChI=1S/C11H12BrN/c1-3-11(13-2)8-9-4-6-10(12)7-5-9/h1,4-7,11,13H,8H2,2H3. The Labute approximate surface area is 87.7 Å². The maximum atomic E-state index is 5.34. The first kappa shape index (κ1) is 10.3. The highest BCUT2D eigenvalue weighted by atomic mass is 79.9. The molecule has 1 N–H and O–H groups in total. The normalized spacial score (nSPS) is 12.1. The molecule has 0 aromatic heterocycles. The molecule has 0 heterocycles. The van der Waals surface area contributed by atoms with Crippen molar-refractivity contribution >= 4 is 15.9 Å². The lowest BCUT2D eigenvalue weighted by Crippen LogP contribution is -2.25. The first-order chi connectivity index (χ1) is 6.26. The summed E-state index contributed by atoms with van der Waals surface area (Å²) in [6, 6.07) is 8.33. The minimum Gasteiger partial charge on any atom is -0.306 e. The Bertz CT molecular complexity index is 297. The Kier molecular flexibility index (Phi) is 4.01. The third-order valence-corrected chi connectivity index (χ3v) is 2.43. The van der Waals surface area contributed by atoms with Gasteiger partial charge in [0, 0.05) is 4.47 Å². The van der Waals surface area contributed by atoms with Crippen molar-refractivity contribution in [3.05, 3.63) is 34.3 Å². The third kappa shape index (κ3) is 3.22. The second kappa shape index (κ2) is 5.06. The summed E-state index contributed by atoms with van der Waals surface area (Å²) >= 11 is 3.39. The summed E-state index contributed by atoms with van der Waals surface area (Å²) in [5, 5.41) is 3.07. The van der Waals surface area contributed by atoms with Gasteiger partial charge < -0.3 is 5.32 Å². The molecule has 1 aromatic carbocycles. The summed E-state index contributed by atoms with van der Waals surface area (Å²) in [7, 11) is 1.88. The van der Waals surface area contributed by atoms with E-state index in [9.17, 15) is 0 Å². The molecule has 0 aliphatic heterocycles. The van der Waals surface area contributed by atoms with E-state index < -0.39 is 0 Å². The van der Waals surface area contributed by atoms with Crippen LogP contribution in [-0.4, -0.2) is 13.1 Å². The van der Waals surface area contributed by atoms with Gasteiger partial charge in [-0.2, -0.15) is 0 Å². The second-order valence-corrected chi connectivity index (χ2v) is 3.75. The molecule has 0 fully saturated rings. The van der Waals surface area contributed by atoms with E-state index in [1.807, 2.05) is 19.2 Å². The summed E-state index contributed by atoms with van der Waals surface area (Å²) in [6.07, 6.45) is 6.21. The number of hydrogen-bond acceptors (Lipinski definition) is 1. The van der Waals surface area contributed by atoms with E-state index in [0.29, 0.717) is 0 Å². The summed E-state index contributed by atoms with van der Waals surface area (Å²) in [6.45, 7) is 0. The molecule has 0 amide bonds. The van der Waals surface area contributed by atoms with Gasteiger partial charge in [0.05, 0.1) is 6.04 Å². The molecule has 0 radical (unpaired) electrons. The van der Waals surface area contributed by atoms with Crippen LogP contribution in [0.25, 0.3) is 0 Å². The lowest BCUT2D eigenvalue weighted by molar-refractivity contribution is 0.683. The molecule has 0 aliphatic carbocycles. The predicted molar refractivity (Wildman–Crippen MR) is 59.5 cm³/mol. The molecular weight excluding hydrogens is 226 g/mol.